The van der Waals surface area contributed by atoms with Gasteiger partial charge in [-0.05, 0) is 24.7 Å². The van der Waals surface area contributed by atoms with Crippen LogP contribution < -0.4 is 16.0 Å². The SMILES string of the molecule is CC(C)[C@@H]1NC(=O)c2csc(n2)[C@H](C(C)C)NC(=O)c2csc(n2)[C@H](C(C)C)NC(=O)[C@H]2N=C1O[C@H]2C. The Bertz CT molecular complexity index is 1200. The third-order valence-electron chi connectivity index (χ3n) is 6.46. The van der Waals surface area contributed by atoms with Gasteiger partial charge in [-0.3, -0.25) is 14.4 Å². The van der Waals surface area contributed by atoms with Crippen LogP contribution in [0.3, 0.4) is 0 Å². The van der Waals surface area contributed by atoms with Crippen LogP contribution in [0.15, 0.2) is 15.8 Å². The van der Waals surface area contributed by atoms with Crippen LogP contribution in [0.25, 0.3) is 0 Å². The van der Waals surface area contributed by atoms with Crippen molar-refractivity contribution in [2.24, 2.45) is 22.7 Å². The van der Waals surface area contributed by atoms with Crippen molar-refractivity contribution < 1.29 is 19.1 Å². The second-order valence-corrected chi connectivity index (χ2v) is 12.3. The minimum absolute atomic E-state index is 0.0255. The molecule has 4 heterocycles. The van der Waals surface area contributed by atoms with Gasteiger partial charge in [0.2, 0.25) is 11.8 Å². The zero-order valence-electron chi connectivity index (χ0n) is 22.1. The highest BCUT2D eigenvalue weighted by molar-refractivity contribution is 7.10. The predicted molar refractivity (Wildman–Crippen MR) is 143 cm³/mol. The second kappa shape index (κ2) is 10.9. The van der Waals surface area contributed by atoms with E-state index in [0.29, 0.717) is 15.9 Å². The largest absolute Gasteiger partial charge is 0.474 e. The summed E-state index contributed by atoms with van der Waals surface area (Å²) in [6.07, 6.45) is -0.502. The topological polar surface area (TPSA) is 135 Å². The minimum atomic E-state index is -0.770. The Hall–Kier alpha value is -2.86. The summed E-state index contributed by atoms with van der Waals surface area (Å²) in [7, 11) is 0. The fourth-order valence-electron chi connectivity index (χ4n) is 4.23. The molecule has 0 unspecified atom stereocenters. The normalized spacial score (nSPS) is 26.8. The molecule has 0 saturated carbocycles. The lowest BCUT2D eigenvalue weighted by molar-refractivity contribution is -0.124. The first-order chi connectivity index (χ1) is 17.5. The molecule has 10 nitrogen and oxygen atoms in total. The van der Waals surface area contributed by atoms with Crippen molar-refractivity contribution >= 4 is 46.3 Å². The highest BCUT2D eigenvalue weighted by Crippen LogP contribution is 2.29. The van der Waals surface area contributed by atoms with Crippen molar-refractivity contribution in [3.63, 3.8) is 0 Å². The van der Waals surface area contributed by atoms with Gasteiger partial charge in [0.15, 0.2) is 6.04 Å². The van der Waals surface area contributed by atoms with Crippen LogP contribution in [0.4, 0.5) is 0 Å². The Kier molecular flexibility index (Phi) is 7.98. The molecule has 0 aromatic carbocycles. The number of aliphatic imine (C=N–C) groups is 1. The van der Waals surface area contributed by atoms with E-state index in [1.54, 1.807) is 17.7 Å². The number of thiazole rings is 2. The van der Waals surface area contributed by atoms with Gasteiger partial charge < -0.3 is 20.7 Å². The van der Waals surface area contributed by atoms with Crippen LogP contribution >= 0.6 is 22.7 Å². The fourth-order valence-corrected chi connectivity index (χ4v) is 6.27. The standard InChI is InChI=1S/C25H34N6O4S2/c1-10(2)16-23-31-19(13(7)35-23)22(34)30-18(12(5)6)25-27-15(9-37-25)21(33)29-17(11(3)4)24-26-14(8-36-24)20(32)28-16/h8-13,16-19H,1-7H3,(H,28,32)(H,29,33)(H,30,34)/t13-,16-,17-,18-,19-/m0/s1. The molecule has 0 saturated heterocycles. The van der Waals surface area contributed by atoms with Gasteiger partial charge in [0.25, 0.3) is 11.8 Å². The number of fused-ring (bicyclic) bond motifs is 5. The van der Waals surface area contributed by atoms with E-state index in [0.717, 1.165) is 0 Å². The van der Waals surface area contributed by atoms with Crippen molar-refractivity contribution in [3.05, 3.63) is 32.2 Å². The number of nitrogens with zero attached hydrogens (tertiary/aromatic N) is 3. The molecule has 3 amide bonds. The van der Waals surface area contributed by atoms with Crippen molar-refractivity contribution in [2.75, 3.05) is 0 Å². The molecule has 0 spiro atoms. The number of ether oxygens (including phenoxy) is 1. The third kappa shape index (κ3) is 5.69. The molecule has 200 valence electrons. The maximum absolute atomic E-state index is 13.3. The first-order valence-corrected chi connectivity index (χ1v) is 14.3. The van der Waals surface area contributed by atoms with Gasteiger partial charge in [0.1, 0.15) is 33.5 Å². The lowest BCUT2D eigenvalue weighted by atomic mass is 10.0. The van der Waals surface area contributed by atoms with Crippen LogP contribution in [0.1, 0.15) is 91.5 Å². The first kappa shape index (κ1) is 27.2. The molecule has 6 bridgehead atoms. The molecule has 0 aliphatic carbocycles. The van der Waals surface area contributed by atoms with Crippen molar-refractivity contribution in [2.45, 2.75) is 78.7 Å². The highest BCUT2D eigenvalue weighted by atomic mass is 32.1. The Morgan fingerprint density at radius 3 is 1.70 bits per heavy atom. The van der Waals surface area contributed by atoms with E-state index in [4.69, 9.17) is 4.74 Å². The summed E-state index contributed by atoms with van der Waals surface area (Å²) in [5.74, 6) is -0.645. The van der Waals surface area contributed by atoms with Crippen molar-refractivity contribution in [3.8, 4) is 0 Å². The van der Waals surface area contributed by atoms with Crippen LogP contribution in [0.2, 0.25) is 0 Å². The Morgan fingerprint density at radius 1 is 0.757 bits per heavy atom. The third-order valence-corrected chi connectivity index (χ3v) is 8.32. The lowest BCUT2D eigenvalue weighted by Crippen LogP contribution is -2.45. The number of amides is 3. The van der Waals surface area contributed by atoms with Crippen LogP contribution in [-0.2, 0) is 9.53 Å². The molecule has 2 aliphatic heterocycles. The van der Waals surface area contributed by atoms with E-state index in [1.165, 1.54) is 22.7 Å². The maximum atomic E-state index is 13.3. The average Bonchev–Trinajstić information content (AvgIpc) is 3.57. The molecule has 2 aliphatic rings. The van der Waals surface area contributed by atoms with Gasteiger partial charge in [-0.15, -0.1) is 22.7 Å². The van der Waals surface area contributed by atoms with Gasteiger partial charge in [-0.2, -0.15) is 0 Å². The molecule has 2 aromatic heterocycles. The Labute approximate surface area is 224 Å². The number of hydrogen-bond donors (Lipinski definition) is 3. The number of rotatable bonds is 3. The van der Waals surface area contributed by atoms with Crippen LogP contribution in [0.5, 0.6) is 0 Å². The molecule has 0 radical (unpaired) electrons. The second-order valence-electron chi connectivity index (χ2n) is 10.5. The van der Waals surface area contributed by atoms with E-state index in [-0.39, 0.29) is 46.9 Å². The summed E-state index contributed by atoms with van der Waals surface area (Å²) in [5.41, 5.74) is 0.530. The first-order valence-electron chi connectivity index (χ1n) is 12.5. The predicted octanol–water partition coefficient (Wildman–Crippen LogP) is 3.49. The Balaban J connectivity index is 1.77. The number of carbonyl (C=O) groups excluding carboxylic acids is 3. The number of nitrogens with one attached hydrogen (secondary N) is 3. The Morgan fingerprint density at radius 2 is 1.22 bits per heavy atom. The summed E-state index contributed by atoms with van der Waals surface area (Å²) in [6, 6.07) is -2.09. The fraction of sp³-hybridized carbons (Fsp3) is 0.600. The lowest BCUT2D eigenvalue weighted by Gasteiger charge is -2.23. The van der Waals surface area contributed by atoms with E-state index in [2.05, 4.69) is 30.9 Å². The maximum Gasteiger partial charge on any atom is 0.271 e. The van der Waals surface area contributed by atoms with Gasteiger partial charge in [0, 0.05) is 10.8 Å². The number of hydrogen-bond acceptors (Lipinski definition) is 9. The molecular weight excluding hydrogens is 512 g/mol. The molecule has 2 aromatic rings. The summed E-state index contributed by atoms with van der Waals surface area (Å²) in [6.45, 7) is 13.6. The van der Waals surface area contributed by atoms with Crippen molar-refractivity contribution in [1.82, 2.24) is 25.9 Å². The molecule has 5 atom stereocenters. The summed E-state index contributed by atoms with van der Waals surface area (Å²) in [5, 5.41) is 13.7. The van der Waals surface area contributed by atoms with Crippen LogP contribution in [0, 0.1) is 17.8 Å². The summed E-state index contributed by atoms with van der Waals surface area (Å²) < 4.78 is 6.00. The number of aromatic nitrogens is 2. The van der Waals surface area contributed by atoms with Gasteiger partial charge in [0.05, 0.1) is 12.1 Å². The van der Waals surface area contributed by atoms with Crippen molar-refractivity contribution in [1.29, 1.82) is 0 Å². The van der Waals surface area contributed by atoms with Gasteiger partial charge in [-0.1, -0.05) is 41.5 Å². The molecule has 37 heavy (non-hydrogen) atoms. The number of carbonyl (C=O) groups is 3. The zero-order valence-corrected chi connectivity index (χ0v) is 23.7. The molecular formula is C25H34N6O4S2. The van der Waals surface area contributed by atoms with E-state index in [1.807, 2.05) is 41.5 Å². The molecule has 0 fully saturated rings. The smallest absolute Gasteiger partial charge is 0.271 e. The molecule has 3 N–H and O–H groups in total. The molecule has 12 heteroatoms. The molecule has 4 rings (SSSR count). The van der Waals surface area contributed by atoms with E-state index < -0.39 is 30.3 Å². The van der Waals surface area contributed by atoms with Gasteiger partial charge >= 0.3 is 0 Å². The quantitative estimate of drug-likeness (QED) is 0.539. The van der Waals surface area contributed by atoms with E-state index >= 15 is 0 Å². The minimum Gasteiger partial charge on any atom is -0.474 e. The van der Waals surface area contributed by atoms with Crippen LogP contribution in [-0.4, -0.2) is 51.8 Å². The van der Waals surface area contributed by atoms with E-state index in [9.17, 15) is 14.4 Å². The zero-order chi connectivity index (χ0) is 27.0. The van der Waals surface area contributed by atoms with Gasteiger partial charge in [-0.25, -0.2) is 15.0 Å². The summed E-state index contributed by atoms with van der Waals surface area (Å²) in [4.78, 5) is 53.3. The summed E-state index contributed by atoms with van der Waals surface area (Å²) >= 11 is 2.66. The highest BCUT2D eigenvalue weighted by Gasteiger charge is 2.39. The monoisotopic (exact) mass is 546 g/mol. The average molecular weight is 547 g/mol.